The van der Waals surface area contributed by atoms with Gasteiger partial charge < -0.3 is 15.2 Å². The van der Waals surface area contributed by atoms with Gasteiger partial charge in [0.15, 0.2) is 5.79 Å². The molecule has 0 atom stereocenters. The van der Waals surface area contributed by atoms with Crippen molar-refractivity contribution in [2.45, 2.75) is 37.9 Å². The van der Waals surface area contributed by atoms with Crippen molar-refractivity contribution in [3.05, 3.63) is 0 Å². The second-order valence-corrected chi connectivity index (χ2v) is 5.96. The number of hydrogen-bond acceptors (Lipinski definition) is 4. The molecule has 1 spiro atoms. The van der Waals surface area contributed by atoms with Gasteiger partial charge in [0.1, 0.15) is 0 Å². The fraction of sp³-hybridized carbons (Fsp3) is 1.00. The predicted molar refractivity (Wildman–Crippen MR) is 65.6 cm³/mol. The lowest BCUT2D eigenvalue weighted by atomic mass is 9.98. The van der Waals surface area contributed by atoms with Crippen molar-refractivity contribution in [1.82, 2.24) is 4.90 Å². The standard InChI is InChI=1S/C13H24N2O2/c14-6-5-12(3-4-12)10-15-7-1-2-13(11-15)16-8-9-17-13/h1-11,14H2. The molecule has 2 aliphatic heterocycles. The van der Waals surface area contributed by atoms with Gasteiger partial charge in [0.25, 0.3) is 0 Å². The summed E-state index contributed by atoms with van der Waals surface area (Å²) in [5, 5.41) is 0. The molecule has 0 radical (unpaired) electrons. The van der Waals surface area contributed by atoms with E-state index >= 15 is 0 Å². The van der Waals surface area contributed by atoms with Gasteiger partial charge in [-0.15, -0.1) is 0 Å². The van der Waals surface area contributed by atoms with Gasteiger partial charge in [-0.1, -0.05) is 0 Å². The van der Waals surface area contributed by atoms with Gasteiger partial charge in [0.05, 0.1) is 19.8 Å². The van der Waals surface area contributed by atoms with E-state index in [0.29, 0.717) is 5.41 Å². The number of rotatable bonds is 4. The molecule has 1 saturated carbocycles. The normalized spacial score (nSPS) is 30.9. The highest BCUT2D eigenvalue weighted by Gasteiger charge is 2.46. The Labute approximate surface area is 103 Å². The summed E-state index contributed by atoms with van der Waals surface area (Å²) in [7, 11) is 0. The maximum atomic E-state index is 5.82. The Balaban J connectivity index is 1.57. The SMILES string of the molecule is NCCC1(CN2CCCC3(C2)OCCO3)CC1. The first-order valence-electron chi connectivity index (χ1n) is 6.96. The van der Waals surface area contributed by atoms with E-state index in [1.54, 1.807) is 0 Å². The topological polar surface area (TPSA) is 47.7 Å². The average molecular weight is 240 g/mol. The minimum atomic E-state index is -0.267. The maximum absolute atomic E-state index is 5.82. The fourth-order valence-corrected chi connectivity index (χ4v) is 3.38. The Kier molecular flexibility index (Phi) is 3.15. The quantitative estimate of drug-likeness (QED) is 0.795. The van der Waals surface area contributed by atoms with Crippen LogP contribution in [0.1, 0.15) is 32.1 Å². The first-order valence-corrected chi connectivity index (χ1v) is 6.96. The minimum absolute atomic E-state index is 0.267. The van der Waals surface area contributed by atoms with Crippen LogP contribution in [0.4, 0.5) is 0 Å². The van der Waals surface area contributed by atoms with Gasteiger partial charge in [-0.05, 0) is 44.2 Å². The van der Waals surface area contributed by atoms with Crippen LogP contribution in [-0.2, 0) is 9.47 Å². The third-order valence-corrected chi connectivity index (χ3v) is 4.50. The number of hydrogen-bond donors (Lipinski definition) is 1. The molecule has 3 aliphatic rings. The summed E-state index contributed by atoms with van der Waals surface area (Å²) in [5.74, 6) is -0.267. The molecule has 2 N–H and O–H groups in total. The smallest absolute Gasteiger partial charge is 0.181 e. The molecule has 0 aromatic heterocycles. The van der Waals surface area contributed by atoms with Crippen LogP contribution >= 0.6 is 0 Å². The third-order valence-electron chi connectivity index (χ3n) is 4.50. The van der Waals surface area contributed by atoms with Crippen molar-refractivity contribution in [3.8, 4) is 0 Å². The van der Waals surface area contributed by atoms with Gasteiger partial charge in [0, 0.05) is 13.0 Å². The molecular formula is C13H24N2O2. The Morgan fingerprint density at radius 1 is 1.12 bits per heavy atom. The molecule has 0 aromatic rings. The Morgan fingerprint density at radius 2 is 1.88 bits per heavy atom. The van der Waals surface area contributed by atoms with Crippen molar-refractivity contribution in [2.24, 2.45) is 11.1 Å². The van der Waals surface area contributed by atoms with Crippen LogP contribution in [0.3, 0.4) is 0 Å². The van der Waals surface area contributed by atoms with Crippen LogP contribution < -0.4 is 5.73 Å². The second kappa shape index (κ2) is 4.50. The fourth-order valence-electron chi connectivity index (χ4n) is 3.38. The van der Waals surface area contributed by atoms with E-state index in [9.17, 15) is 0 Å². The monoisotopic (exact) mass is 240 g/mol. The van der Waals surface area contributed by atoms with Gasteiger partial charge in [-0.2, -0.15) is 0 Å². The van der Waals surface area contributed by atoms with E-state index in [1.807, 2.05) is 0 Å². The lowest BCUT2D eigenvalue weighted by Crippen LogP contribution is -2.50. The van der Waals surface area contributed by atoms with Crippen molar-refractivity contribution >= 4 is 0 Å². The van der Waals surface area contributed by atoms with Crippen molar-refractivity contribution in [1.29, 1.82) is 0 Å². The summed E-state index contributed by atoms with van der Waals surface area (Å²) in [6.07, 6.45) is 6.15. The largest absolute Gasteiger partial charge is 0.346 e. The number of piperidine rings is 1. The molecule has 3 fully saturated rings. The molecule has 4 nitrogen and oxygen atoms in total. The molecule has 3 rings (SSSR count). The molecule has 0 bridgehead atoms. The summed E-state index contributed by atoms with van der Waals surface area (Å²) in [5.41, 5.74) is 6.24. The molecule has 0 aromatic carbocycles. The first kappa shape index (κ1) is 11.9. The molecular weight excluding hydrogens is 216 g/mol. The zero-order valence-corrected chi connectivity index (χ0v) is 10.6. The predicted octanol–water partition coefficient (Wildman–Crippen LogP) is 0.954. The highest BCUT2D eigenvalue weighted by molar-refractivity contribution is 4.97. The van der Waals surface area contributed by atoms with Crippen LogP contribution in [0, 0.1) is 5.41 Å². The van der Waals surface area contributed by atoms with Crippen LogP contribution in [0.15, 0.2) is 0 Å². The van der Waals surface area contributed by atoms with Gasteiger partial charge in [-0.25, -0.2) is 0 Å². The molecule has 2 saturated heterocycles. The summed E-state index contributed by atoms with van der Waals surface area (Å²) >= 11 is 0. The average Bonchev–Trinajstić information content (AvgIpc) is 2.91. The number of likely N-dealkylation sites (tertiary alicyclic amines) is 1. The van der Waals surface area contributed by atoms with Crippen LogP contribution in [0.5, 0.6) is 0 Å². The Hall–Kier alpha value is -0.160. The molecule has 0 unspecified atom stereocenters. The van der Waals surface area contributed by atoms with Gasteiger partial charge >= 0.3 is 0 Å². The summed E-state index contributed by atoms with van der Waals surface area (Å²) in [6.45, 7) is 5.70. The van der Waals surface area contributed by atoms with E-state index < -0.39 is 0 Å². The highest BCUT2D eigenvalue weighted by Crippen LogP contribution is 2.49. The van der Waals surface area contributed by atoms with E-state index in [0.717, 1.165) is 32.7 Å². The lowest BCUT2D eigenvalue weighted by molar-refractivity contribution is -0.190. The highest BCUT2D eigenvalue weighted by atomic mass is 16.7. The van der Waals surface area contributed by atoms with Crippen molar-refractivity contribution < 1.29 is 9.47 Å². The van der Waals surface area contributed by atoms with Crippen LogP contribution in [-0.4, -0.2) is 50.1 Å². The maximum Gasteiger partial charge on any atom is 0.181 e. The molecule has 17 heavy (non-hydrogen) atoms. The first-order chi connectivity index (χ1) is 8.26. The molecule has 98 valence electrons. The summed E-state index contributed by atoms with van der Waals surface area (Å²) in [4.78, 5) is 2.54. The van der Waals surface area contributed by atoms with Gasteiger partial charge in [0.2, 0.25) is 0 Å². The van der Waals surface area contributed by atoms with Crippen LogP contribution in [0.25, 0.3) is 0 Å². The number of nitrogens with two attached hydrogens (primary N) is 1. The zero-order valence-electron chi connectivity index (χ0n) is 10.6. The Bertz CT molecular complexity index is 273. The second-order valence-electron chi connectivity index (χ2n) is 5.96. The lowest BCUT2D eigenvalue weighted by Gasteiger charge is -2.40. The molecule has 0 amide bonds. The van der Waals surface area contributed by atoms with E-state index in [2.05, 4.69) is 4.90 Å². The van der Waals surface area contributed by atoms with E-state index in [-0.39, 0.29) is 5.79 Å². The summed E-state index contributed by atoms with van der Waals surface area (Å²) < 4.78 is 11.6. The molecule has 4 heteroatoms. The van der Waals surface area contributed by atoms with Crippen molar-refractivity contribution in [2.75, 3.05) is 39.4 Å². The number of nitrogens with zero attached hydrogens (tertiary/aromatic N) is 1. The van der Waals surface area contributed by atoms with Crippen molar-refractivity contribution in [3.63, 3.8) is 0 Å². The molecule has 1 aliphatic carbocycles. The minimum Gasteiger partial charge on any atom is -0.346 e. The summed E-state index contributed by atoms with van der Waals surface area (Å²) in [6, 6.07) is 0. The Morgan fingerprint density at radius 3 is 2.53 bits per heavy atom. The zero-order chi connectivity index (χ0) is 11.8. The third kappa shape index (κ3) is 2.50. The van der Waals surface area contributed by atoms with Gasteiger partial charge in [-0.3, -0.25) is 4.90 Å². The van der Waals surface area contributed by atoms with E-state index in [1.165, 1.54) is 38.8 Å². The number of ether oxygens (including phenoxy) is 2. The van der Waals surface area contributed by atoms with E-state index in [4.69, 9.17) is 15.2 Å². The molecule has 2 heterocycles. The van der Waals surface area contributed by atoms with Crippen LogP contribution in [0.2, 0.25) is 0 Å².